The summed E-state index contributed by atoms with van der Waals surface area (Å²) >= 11 is 0. The molecule has 182 valence electrons. The van der Waals surface area contributed by atoms with Gasteiger partial charge in [-0.1, -0.05) is 6.07 Å². The largest absolute Gasteiger partial charge is 0.493 e. The van der Waals surface area contributed by atoms with E-state index in [1.54, 1.807) is 19.6 Å². The lowest BCUT2D eigenvalue weighted by Gasteiger charge is -2.42. The fourth-order valence-electron chi connectivity index (χ4n) is 4.03. The van der Waals surface area contributed by atoms with Gasteiger partial charge in [-0.3, -0.25) is 4.90 Å². The second kappa shape index (κ2) is 10.9. The summed E-state index contributed by atoms with van der Waals surface area (Å²) in [5.41, 5.74) is -0.444. The van der Waals surface area contributed by atoms with Crippen LogP contribution in [0.4, 0.5) is 4.39 Å². The van der Waals surface area contributed by atoms with Crippen LogP contribution in [-0.2, 0) is 13.1 Å². The van der Waals surface area contributed by atoms with E-state index < -0.39 is 11.7 Å². The van der Waals surface area contributed by atoms with Gasteiger partial charge in [0.2, 0.25) is 0 Å². The van der Waals surface area contributed by atoms with E-state index in [0.29, 0.717) is 49.9 Å². The van der Waals surface area contributed by atoms with Crippen molar-refractivity contribution in [1.82, 2.24) is 14.5 Å². The lowest BCUT2D eigenvalue weighted by Crippen LogP contribution is -2.59. The second-order valence-corrected chi connectivity index (χ2v) is 8.50. The van der Waals surface area contributed by atoms with E-state index in [9.17, 15) is 14.6 Å². The second-order valence-electron chi connectivity index (χ2n) is 8.50. The van der Waals surface area contributed by atoms with Crippen LogP contribution in [0, 0.1) is 5.82 Å². The van der Waals surface area contributed by atoms with Crippen LogP contribution in [0.25, 0.3) is 0 Å². The number of piperidine rings is 1. The van der Waals surface area contributed by atoms with Crippen LogP contribution in [0.1, 0.15) is 12.0 Å². The molecule has 8 nitrogen and oxygen atoms in total. The average Bonchev–Trinajstić information content (AvgIpc) is 3.35. The van der Waals surface area contributed by atoms with Crippen molar-refractivity contribution in [2.45, 2.75) is 31.2 Å². The first-order valence-electron chi connectivity index (χ1n) is 11.2. The van der Waals surface area contributed by atoms with Crippen molar-refractivity contribution in [2.75, 3.05) is 33.4 Å². The number of aromatic nitrogens is 2. The number of aliphatic hydroxyl groups is 2. The van der Waals surface area contributed by atoms with E-state index in [1.165, 1.54) is 24.3 Å². The highest BCUT2D eigenvalue weighted by atomic mass is 19.1. The minimum absolute atomic E-state index is 0.0957. The molecular weight excluding hydrogens is 441 g/mol. The van der Waals surface area contributed by atoms with Crippen molar-refractivity contribution in [2.24, 2.45) is 0 Å². The molecule has 2 atom stereocenters. The van der Waals surface area contributed by atoms with Crippen LogP contribution in [0.3, 0.4) is 0 Å². The molecule has 3 aromatic rings. The highest BCUT2D eigenvalue weighted by Gasteiger charge is 2.42. The first-order valence-corrected chi connectivity index (χ1v) is 11.2. The molecule has 0 bridgehead atoms. The highest BCUT2D eigenvalue weighted by Crippen LogP contribution is 2.30. The van der Waals surface area contributed by atoms with Crippen molar-refractivity contribution in [1.29, 1.82) is 0 Å². The molecule has 2 N–H and O–H groups in total. The number of ether oxygens (including phenoxy) is 3. The first-order chi connectivity index (χ1) is 16.4. The molecule has 1 saturated heterocycles. The Kier molecular flexibility index (Phi) is 7.66. The average molecular weight is 472 g/mol. The maximum Gasteiger partial charge on any atom is 0.161 e. The number of methoxy groups -OCH3 is 1. The molecule has 9 heteroatoms. The van der Waals surface area contributed by atoms with Gasteiger partial charge in [0.15, 0.2) is 11.5 Å². The first kappa shape index (κ1) is 24.0. The molecule has 0 unspecified atom stereocenters. The summed E-state index contributed by atoms with van der Waals surface area (Å²) in [5, 5.41) is 21.6. The van der Waals surface area contributed by atoms with Gasteiger partial charge in [-0.15, -0.1) is 0 Å². The number of hydrogen-bond acceptors (Lipinski definition) is 7. The van der Waals surface area contributed by atoms with Crippen LogP contribution in [0.2, 0.25) is 0 Å². The van der Waals surface area contributed by atoms with E-state index in [1.807, 2.05) is 29.0 Å². The third-order valence-electron chi connectivity index (χ3n) is 5.94. The summed E-state index contributed by atoms with van der Waals surface area (Å²) in [6.07, 6.45) is 4.84. The van der Waals surface area contributed by atoms with E-state index in [4.69, 9.17) is 14.2 Å². The Labute approximate surface area is 198 Å². The van der Waals surface area contributed by atoms with Crippen LogP contribution >= 0.6 is 0 Å². The van der Waals surface area contributed by atoms with Crippen molar-refractivity contribution in [3.63, 3.8) is 0 Å². The topological polar surface area (TPSA) is 89.2 Å². The third-order valence-corrected chi connectivity index (χ3v) is 5.94. The van der Waals surface area contributed by atoms with Gasteiger partial charge in [-0.25, -0.2) is 9.37 Å². The van der Waals surface area contributed by atoms with Crippen LogP contribution < -0.4 is 14.2 Å². The third kappa shape index (κ3) is 6.05. The predicted octanol–water partition coefficient (Wildman–Crippen LogP) is 2.49. The van der Waals surface area contributed by atoms with E-state index in [2.05, 4.69) is 9.88 Å². The van der Waals surface area contributed by atoms with Gasteiger partial charge in [0.1, 0.15) is 30.4 Å². The fourth-order valence-corrected chi connectivity index (χ4v) is 4.03. The number of halogens is 1. The number of imidazole rings is 1. The Balaban J connectivity index is 1.37. The molecule has 0 spiro atoms. The van der Waals surface area contributed by atoms with Gasteiger partial charge < -0.3 is 29.0 Å². The summed E-state index contributed by atoms with van der Waals surface area (Å²) < 4.78 is 32.1. The van der Waals surface area contributed by atoms with Gasteiger partial charge >= 0.3 is 0 Å². The number of β-amino-alcohol motifs (C(OH)–C–C–N with tert-alkyl or cyclic N) is 1. The van der Waals surface area contributed by atoms with Gasteiger partial charge in [-0.2, -0.15) is 0 Å². The number of likely N-dealkylation sites (tertiary alicyclic amines) is 1. The predicted molar refractivity (Wildman–Crippen MR) is 123 cm³/mol. The Morgan fingerprint density at radius 1 is 1.15 bits per heavy atom. The summed E-state index contributed by atoms with van der Waals surface area (Å²) in [7, 11) is 1.60. The van der Waals surface area contributed by atoms with Gasteiger partial charge in [0.05, 0.1) is 26.1 Å². The maximum absolute atomic E-state index is 13.1. The number of hydrogen-bond donors (Lipinski definition) is 2. The molecule has 0 radical (unpaired) electrons. The minimum atomic E-state index is -1.44. The van der Waals surface area contributed by atoms with Crippen LogP contribution in [0.15, 0.2) is 61.2 Å². The molecule has 1 fully saturated rings. The van der Waals surface area contributed by atoms with E-state index in [-0.39, 0.29) is 19.0 Å². The smallest absolute Gasteiger partial charge is 0.161 e. The zero-order valence-corrected chi connectivity index (χ0v) is 19.1. The normalized spacial score (nSPS) is 20.8. The zero-order chi connectivity index (χ0) is 24.0. The zero-order valence-electron chi connectivity index (χ0n) is 19.1. The lowest BCUT2D eigenvalue weighted by atomic mass is 9.90. The van der Waals surface area contributed by atoms with Crippen LogP contribution in [0.5, 0.6) is 17.2 Å². The Morgan fingerprint density at radius 2 is 1.97 bits per heavy atom. The monoisotopic (exact) mass is 471 g/mol. The Morgan fingerprint density at radius 3 is 2.71 bits per heavy atom. The highest BCUT2D eigenvalue weighted by molar-refractivity contribution is 5.43. The van der Waals surface area contributed by atoms with Crippen molar-refractivity contribution in [3.05, 3.63) is 72.6 Å². The Hall–Kier alpha value is -3.14. The summed E-state index contributed by atoms with van der Waals surface area (Å²) in [6, 6.07) is 11.3. The van der Waals surface area contributed by atoms with Crippen molar-refractivity contribution >= 4 is 0 Å². The van der Waals surface area contributed by atoms with Gasteiger partial charge in [0, 0.05) is 32.0 Å². The summed E-state index contributed by atoms with van der Waals surface area (Å²) in [4.78, 5) is 6.09. The molecule has 4 rings (SSSR count). The standard InChI is InChI=1S/C25H30FN3O5/c1-32-22-7-2-19(14-23(22)33-13-12-28-11-9-27-18-28)15-29-10-8-24(30)25(31,16-29)17-34-21-5-3-20(26)4-6-21/h2-7,9,11,14,18,24,30-31H,8,10,12-13,15-17H2,1H3/t24-,25-/m0/s1. The number of rotatable bonds is 10. The Bertz CT molecular complexity index is 1050. The minimum Gasteiger partial charge on any atom is -0.493 e. The molecule has 0 aliphatic carbocycles. The number of nitrogens with zero attached hydrogens (tertiary/aromatic N) is 3. The van der Waals surface area contributed by atoms with Gasteiger partial charge in [0.25, 0.3) is 0 Å². The molecule has 2 heterocycles. The molecule has 1 aliphatic rings. The molecular formula is C25H30FN3O5. The van der Waals surface area contributed by atoms with Crippen LogP contribution in [-0.4, -0.2) is 69.8 Å². The summed E-state index contributed by atoms with van der Waals surface area (Å²) in [6.45, 7) is 2.46. The quantitative estimate of drug-likeness (QED) is 0.470. The molecule has 0 amide bonds. The molecule has 2 aromatic carbocycles. The molecule has 1 aromatic heterocycles. The van der Waals surface area contributed by atoms with Crippen molar-refractivity contribution in [3.8, 4) is 17.2 Å². The SMILES string of the molecule is COc1ccc(CN2CC[C@H](O)[C@@](O)(COc3ccc(F)cc3)C2)cc1OCCn1ccnc1. The fraction of sp³-hybridized carbons (Fsp3) is 0.400. The molecule has 0 saturated carbocycles. The van der Waals surface area contributed by atoms with E-state index in [0.717, 1.165) is 5.56 Å². The number of benzene rings is 2. The summed E-state index contributed by atoms with van der Waals surface area (Å²) in [5.74, 6) is 1.37. The van der Waals surface area contributed by atoms with E-state index >= 15 is 0 Å². The molecule has 1 aliphatic heterocycles. The molecule has 34 heavy (non-hydrogen) atoms. The maximum atomic E-state index is 13.1. The van der Waals surface area contributed by atoms with Gasteiger partial charge in [-0.05, 0) is 48.4 Å². The van der Waals surface area contributed by atoms with Crippen molar-refractivity contribution < 1.29 is 28.8 Å². The lowest BCUT2D eigenvalue weighted by molar-refractivity contribution is -0.140. The number of aliphatic hydroxyl groups excluding tert-OH is 1.